The number of hydrogen-bond acceptors (Lipinski definition) is 2. The lowest BCUT2D eigenvalue weighted by Crippen LogP contribution is -2.39. The molecule has 0 bridgehead atoms. The molecule has 0 aromatic heterocycles. The average molecular weight is 287 g/mol. The number of fused-ring (bicyclic) bond motifs is 1. The van der Waals surface area contributed by atoms with E-state index in [1.807, 2.05) is 0 Å². The zero-order valence-electron chi connectivity index (χ0n) is 12.8. The lowest BCUT2D eigenvalue weighted by molar-refractivity contribution is 0.253. The molecule has 1 heterocycles. The summed E-state index contributed by atoms with van der Waals surface area (Å²) in [6, 6.07) is 6.49. The van der Waals surface area contributed by atoms with E-state index in [1.54, 1.807) is 4.90 Å². The summed E-state index contributed by atoms with van der Waals surface area (Å²) in [7, 11) is 0. The van der Waals surface area contributed by atoms with E-state index in [-0.39, 0.29) is 6.03 Å². The van der Waals surface area contributed by atoms with Gasteiger partial charge in [-0.25, -0.2) is 4.79 Å². The third kappa shape index (κ3) is 2.99. The molecule has 2 aliphatic rings. The fourth-order valence-corrected chi connectivity index (χ4v) is 3.73. The van der Waals surface area contributed by atoms with Crippen molar-refractivity contribution in [2.75, 3.05) is 16.8 Å². The van der Waals surface area contributed by atoms with Crippen LogP contribution in [0.2, 0.25) is 0 Å². The molecule has 1 aliphatic heterocycles. The number of nitrogens with one attached hydrogen (secondary N) is 1. The zero-order valence-corrected chi connectivity index (χ0v) is 12.8. The third-order valence-corrected chi connectivity index (χ3v) is 4.97. The summed E-state index contributed by atoms with van der Waals surface area (Å²) in [5, 5.41) is 3.61. The summed E-state index contributed by atoms with van der Waals surface area (Å²) in [6.07, 6.45) is 7.38. The first kappa shape index (κ1) is 14.2. The average Bonchev–Trinajstić information content (AvgIpc) is 3.00. The predicted molar refractivity (Wildman–Crippen MR) is 86.7 cm³/mol. The first-order valence-corrected chi connectivity index (χ1v) is 8.11. The van der Waals surface area contributed by atoms with Gasteiger partial charge in [0.2, 0.25) is 0 Å². The highest BCUT2D eigenvalue weighted by atomic mass is 16.2. The van der Waals surface area contributed by atoms with Gasteiger partial charge in [-0.1, -0.05) is 18.9 Å². The highest BCUT2D eigenvalue weighted by Gasteiger charge is 2.23. The van der Waals surface area contributed by atoms with Crippen molar-refractivity contribution < 1.29 is 4.79 Å². The Morgan fingerprint density at radius 1 is 1.33 bits per heavy atom. The van der Waals surface area contributed by atoms with Crippen LogP contribution in [0.25, 0.3) is 0 Å². The number of primary amides is 1. The normalized spacial score (nSPS) is 20.1. The summed E-state index contributed by atoms with van der Waals surface area (Å²) >= 11 is 0. The molecule has 1 saturated carbocycles. The van der Waals surface area contributed by atoms with Crippen molar-refractivity contribution in [3.63, 3.8) is 0 Å². The van der Waals surface area contributed by atoms with Crippen molar-refractivity contribution in [1.82, 2.24) is 0 Å². The number of rotatable bonds is 3. The van der Waals surface area contributed by atoms with Gasteiger partial charge < -0.3 is 11.1 Å². The second-order valence-electron chi connectivity index (χ2n) is 6.41. The Balaban J connectivity index is 1.77. The summed E-state index contributed by atoms with van der Waals surface area (Å²) in [5.74, 6) is 0.772. The molecule has 0 radical (unpaired) electrons. The van der Waals surface area contributed by atoms with Gasteiger partial charge in [0.05, 0.1) is 5.69 Å². The molecule has 0 saturated heterocycles. The third-order valence-electron chi connectivity index (χ3n) is 4.97. The van der Waals surface area contributed by atoms with E-state index >= 15 is 0 Å². The largest absolute Gasteiger partial charge is 0.382 e. The fraction of sp³-hybridized carbons (Fsp3) is 0.588. The molecular weight excluding hydrogens is 262 g/mol. The zero-order chi connectivity index (χ0) is 14.8. The predicted octanol–water partition coefficient (Wildman–Crippen LogP) is 3.51. The van der Waals surface area contributed by atoms with E-state index in [0.29, 0.717) is 6.04 Å². The van der Waals surface area contributed by atoms with Gasteiger partial charge >= 0.3 is 6.03 Å². The SMILES string of the molecule is CC(Nc1ccc2c(c1)N(C(N)=O)CCC2)C1CCCC1. The van der Waals surface area contributed by atoms with Gasteiger partial charge in [0.25, 0.3) is 0 Å². The van der Waals surface area contributed by atoms with Gasteiger partial charge in [0.1, 0.15) is 0 Å². The summed E-state index contributed by atoms with van der Waals surface area (Å²) in [4.78, 5) is 13.3. The van der Waals surface area contributed by atoms with Crippen molar-refractivity contribution in [2.45, 2.75) is 51.5 Å². The van der Waals surface area contributed by atoms with Crippen molar-refractivity contribution in [1.29, 1.82) is 0 Å². The number of carbonyl (C=O) groups is 1. The maximum absolute atomic E-state index is 11.6. The van der Waals surface area contributed by atoms with Crippen LogP contribution in [0.4, 0.5) is 16.2 Å². The Morgan fingerprint density at radius 2 is 2.10 bits per heavy atom. The molecule has 1 fully saturated rings. The second kappa shape index (κ2) is 5.96. The Hall–Kier alpha value is -1.71. The number of benzene rings is 1. The molecular formula is C17H25N3O. The van der Waals surface area contributed by atoms with Crippen LogP contribution in [-0.2, 0) is 6.42 Å². The maximum Gasteiger partial charge on any atom is 0.319 e. The molecule has 1 aromatic carbocycles. The van der Waals surface area contributed by atoms with Crippen molar-refractivity contribution >= 4 is 17.4 Å². The van der Waals surface area contributed by atoms with Gasteiger partial charge in [-0.05, 0) is 56.2 Å². The number of hydrogen-bond donors (Lipinski definition) is 2. The molecule has 3 rings (SSSR count). The van der Waals surface area contributed by atoms with Crippen LogP contribution in [0.1, 0.15) is 44.6 Å². The summed E-state index contributed by atoms with van der Waals surface area (Å²) in [6.45, 7) is 2.99. The monoisotopic (exact) mass is 287 g/mol. The van der Waals surface area contributed by atoms with Crippen LogP contribution in [-0.4, -0.2) is 18.6 Å². The molecule has 1 aliphatic carbocycles. The van der Waals surface area contributed by atoms with Crippen molar-refractivity contribution in [2.24, 2.45) is 11.7 Å². The van der Waals surface area contributed by atoms with E-state index in [0.717, 1.165) is 36.7 Å². The standard InChI is InChI=1S/C17H25N3O/c1-12(13-5-2-3-6-13)19-15-9-8-14-7-4-10-20(17(18)21)16(14)11-15/h8-9,11-13,19H,2-7,10H2,1H3,(H2,18,21). The first-order chi connectivity index (χ1) is 10.1. The first-order valence-electron chi connectivity index (χ1n) is 8.11. The lowest BCUT2D eigenvalue weighted by atomic mass is 9.98. The minimum Gasteiger partial charge on any atom is -0.382 e. The van der Waals surface area contributed by atoms with Gasteiger partial charge in [-0.15, -0.1) is 0 Å². The van der Waals surface area contributed by atoms with E-state index in [2.05, 4.69) is 30.4 Å². The lowest BCUT2D eigenvalue weighted by Gasteiger charge is -2.29. The summed E-state index contributed by atoms with van der Waals surface area (Å²) in [5.41, 5.74) is 8.80. The molecule has 2 amide bonds. The molecule has 4 heteroatoms. The number of nitrogens with two attached hydrogens (primary N) is 1. The number of carbonyl (C=O) groups excluding carboxylic acids is 1. The minimum atomic E-state index is -0.350. The molecule has 114 valence electrons. The maximum atomic E-state index is 11.6. The van der Waals surface area contributed by atoms with Crippen LogP contribution in [0.5, 0.6) is 0 Å². The minimum absolute atomic E-state index is 0.350. The van der Waals surface area contributed by atoms with Crippen LogP contribution in [0, 0.1) is 5.92 Å². The number of aryl methyl sites for hydroxylation is 1. The quantitative estimate of drug-likeness (QED) is 0.893. The van der Waals surface area contributed by atoms with E-state index in [1.165, 1.54) is 31.2 Å². The van der Waals surface area contributed by atoms with Gasteiger partial charge in [-0.3, -0.25) is 4.90 Å². The Morgan fingerprint density at radius 3 is 2.81 bits per heavy atom. The van der Waals surface area contributed by atoms with Gasteiger partial charge in [0, 0.05) is 18.3 Å². The van der Waals surface area contributed by atoms with Crippen LogP contribution < -0.4 is 16.0 Å². The van der Waals surface area contributed by atoms with Crippen LogP contribution >= 0.6 is 0 Å². The number of nitrogens with zero attached hydrogens (tertiary/aromatic N) is 1. The molecule has 0 spiro atoms. The van der Waals surface area contributed by atoms with Crippen LogP contribution in [0.15, 0.2) is 18.2 Å². The highest BCUT2D eigenvalue weighted by Crippen LogP contribution is 2.32. The van der Waals surface area contributed by atoms with Gasteiger partial charge in [0.15, 0.2) is 0 Å². The smallest absolute Gasteiger partial charge is 0.319 e. The van der Waals surface area contributed by atoms with E-state index in [9.17, 15) is 4.79 Å². The molecule has 1 atom stereocenters. The van der Waals surface area contributed by atoms with Gasteiger partial charge in [-0.2, -0.15) is 0 Å². The Labute approximate surface area is 126 Å². The number of amides is 2. The van der Waals surface area contributed by atoms with Crippen LogP contribution in [0.3, 0.4) is 0 Å². The number of anilines is 2. The van der Waals surface area contributed by atoms with Crippen molar-refractivity contribution in [3.05, 3.63) is 23.8 Å². The Bertz CT molecular complexity index is 523. The highest BCUT2D eigenvalue weighted by molar-refractivity contribution is 5.92. The second-order valence-corrected chi connectivity index (χ2v) is 6.41. The van der Waals surface area contributed by atoms with Crippen molar-refractivity contribution in [3.8, 4) is 0 Å². The van der Waals surface area contributed by atoms with E-state index < -0.39 is 0 Å². The fourth-order valence-electron chi connectivity index (χ4n) is 3.73. The molecule has 1 aromatic rings. The molecule has 21 heavy (non-hydrogen) atoms. The molecule has 1 unspecified atom stereocenters. The Kier molecular flexibility index (Phi) is 4.04. The summed E-state index contributed by atoms with van der Waals surface area (Å²) < 4.78 is 0. The molecule has 4 nitrogen and oxygen atoms in total. The topological polar surface area (TPSA) is 58.4 Å². The number of urea groups is 1. The molecule has 3 N–H and O–H groups in total. The van der Waals surface area contributed by atoms with E-state index in [4.69, 9.17) is 5.73 Å².